The topological polar surface area (TPSA) is 244 Å². The van der Waals surface area contributed by atoms with E-state index >= 15 is 0 Å². The molecule has 8 aromatic carbocycles. The number of aromatic hydroxyl groups is 1. The summed E-state index contributed by atoms with van der Waals surface area (Å²) in [6.07, 6.45) is 0. The van der Waals surface area contributed by atoms with Crippen LogP contribution >= 0.6 is 0 Å². The van der Waals surface area contributed by atoms with E-state index in [0.29, 0.717) is 72.8 Å². The average molecular weight is 916 g/mol. The Hall–Kier alpha value is -8.29. The van der Waals surface area contributed by atoms with Crippen molar-refractivity contribution < 1.29 is 37.8 Å². The number of methoxy groups -OCH3 is 2. The summed E-state index contributed by atoms with van der Waals surface area (Å²) in [7, 11) is -1.36. The number of fused-ring (bicyclic) bond motifs is 2. The number of anilines is 2. The first-order valence-corrected chi connectivity index (χ1v) is 21.9. The number of aliphatic hydroxyl groups is 2. The molecule has 0 aliphatic heterocycles. The maximum atomic E-state index is 11.9. The summed E-state index contributed by atoms with van der Waals surface area (Å²) < 4.78 is 44.3. The molecule has 0 heterocycles. The number of aliphatic hydroxyl groups excluding tert-OH is 2. The number of phenolic OH excluding ortho intramolecular Hbond substituents is 1. The summed E-state index contributed by atoms with van der Waals surface area (Å²) in [5.74, 6) is 1.03. The SMILES string of the molecule is COc1ccc(Nc2ccc3c(O)c(N=Nc4cc(CO)c(N=Nc5ccc(N=Nc6ccc(N=Nc7ccc8cccc(S(=O)(=O)O)c8c7)c(CO)c6)c(C)c5)cc4OC)ccc3c2)cc1. The number of hydrogen-bond acceptors (Lipinski definition) is 16. The molecule has 0 aromatic heterocycles. The number of rotatable bonds is 15. The normalized spacial score (nSPS) is 12.1. The molecule has 17 nitrogen and oxygen atoms in total. The lowest BCUT2D eigenvalue weighted by Crippen LogP contribution is -1.98. The minimum atomic E-state index is -4.46. The van der Waals surface area contributed by atoms with E-state index in [4.69, 9.17) is 9.47 Å². The van der Waals surface area contributed by atoms with Gasteiger partial charge in [-0.25, -0.2) is 0 Å². The lowest BCUT2D eigenvalue weighted by atomic mass is 10.1. The molecule has 0 aliphatic carbocycles. The fraction of sp³-hybridized carbons (Fsp3) is 0.102. The highest BCUT2D eigenvalue weighted by atomic mass is 32.2. The van der Waals surface area contributed by atoms with Gasteiger partial charge in [0.05, 0.1) is 61.6 Å². The van der Waals surface area contributed by atoms with Crippen LogP contribution in [0.25, 0.3) is 21.5 Å². The molecule has 0 amide bonds. The van der Waals surface area contributed by atoms with Gasteiger partial charge < -0.3 is 30.1 Å². The maximum absolute atomic E-state index is 11.9. The van der Waals surface area contributed by atoms with Gasteiger partial charge >= 0.3 is 0 Å². The summed E-state index contributed by atoms with van der Waals surface area (Å²) in [6.45, 7) is 1.11. The van der Waals surface area contributed by atoms with Crippen molar-refractivity contribution in [2.75, 3.05) is 19.5 Å². The van der Waals surface area contributed by atoms with Gasteiger partial charge in [0.2, 0.25) is 0 Å². The fourth-order valence-corrected chi connectivity index (χ4v) is 7.70. The Morgan fingerprint density at radius 3 is 1.82 bits per heavy atom. The van der Waals surface area contributed by atoms with Crippen LogP contribution in [0, 0.1) is 6.92 Å². The average Bonchev–Trinajstić information content (AvgIpc) is 3.34. The van der Waals surface area contributed by atoms with E-state index < -0.39 is 10.1 Å². The molecule has 0 radical (unpaired) electrons. The Morgan fingerprint density at radius 1 is 0.522 bits per heavy atom. The molecule has 0 atom stereocenters. The summed E-state index contributed by atoms with van der Waals surface area (Å²) in [4.78, 5) is -0.236. The van der Waals surface area contributed by atoms with Crippen LogP contribution in [0.1, 0.15) is 16.7 Å². The van der Waals surface area contributed by atoms with Crippen LogP contribution in [0.3, 0.4) is 0 Å². The first-order chi connectivity index (χ1) is 32.4. The van der Waals surface area contributed by atoms with Crippen LogP contribution in [-0.4, -0.2) is 42.5 Å². The Kier molecular flexibility index (Phi) is 13.4. The molecule has 0 bridgehead atoms. The van der Waals surface area contributed by atoms with Crippen molar-refractivity contribution >= 4 is 88.5 Å². The summed E-state index contributed by atoms with van der Waals surface area (Å²) in [6, 6.07) is 39.4. The van der Waals surface area contributed by atoms with Gasteiger partial charge in [0.1, 0.15) is 27.8 Å². The monoisotopic (exact) mass is 915 g/mol. The van der Waals surface area contributed by atoms with Crippen molar-refractivity contribution in [2.45, 2.75) is 25.0 Å². The number of azo groups is 4. The van der Waals surface area contributed by atoms with Crippen molar-refractivity contribution in [2.24, 2.45) is 40.9 Å². The summed E-state index contributed by atoms with van der Waals surface area (Å²) >= 11 is 0. The first kappa shape index (κ1) is 45.3. The zero-order chi connectivity index (χ0) is 47.1. The summed E-state index contributed by atoms with van der Waals surface area (Å²) in [5, 5.41) is 71.8. The third-order valence-electron chi connectivity index (χ3n) is 10.5. The minimum Gasteiger partial charge on any atom is -0.505 e. The second kappa shape index (κ2) is 19.8. The smallest absolute Gasteiger partial charge is 0.295 e. The van der Waals surface area contributed by atoms with Gasteiger partial charge in [-0.15, -0.1) is 10.2 Å². The standard InChI is InChI=1S/C49H41N9O8S/c1-29-21-36(13-19-42(29)54-52-37-14-20-43(32(23-37)27-59)55-53-38-9-7-30-5-4-6-48(41(30)25-38)67(62,63)64)51-57-45-26-47(66-3)46(24-33(45)28-60)58-56-44-18-8-31-22-35(12-17-40(31)49(44)61)50-34-10-15-39(65-2)16-11-34/h4-26,50,59-61H,27-28H2,1-3H3,(H,62,63,64). The molecule has 0 aliphatic rings. The lowest BCUT2D eigenvalue weighted by Gasteiger charge is -2.10. The third-order valence-corrected chi connectivity index (χ3v) is 11.4. The van der Waals surface area contributed by atoms with Crippen molar-refractivity contribution in [3.05, 3.63) is 156 Å². The molecule has 8 aromatic rings. The van der Waals surface area contributed by atoms with E-state index in [2.05, 4.69) is 46.2 Å². The van der Waals surface area contributed by atoms with Crippen LogP contribution < -0.4 is 14.8 Å². The largest absolute Gasteiger partial charge is 0.505 e. The van der Waals surface area contributed by atoms with E-state index in [0.717, 1.165) is 28.1 Å². The van der Waals surface area contributed by atoms with E-state index in [-0.39, 0.29) is 29.5 Å². The Morgan fingerprint density at radius 2 is 1.12 bits per heavy atom. The van der Waals surface area contributed by atoms with E-state index in [1.54, 1.807) is 86.0 Å². The number of ether oxygens (including phenoxy) is 2. The number of phenols is 1. The molecule has 0 spiro atoms. The van der Waals surface area contributed by atoms with Crippen molar-refractivity contribution in [3.63, 3.8) is 0 Å². The lowest BCUT2D eigenvalue weighted by molar-refractivity contribution is 0.282. The van der Waals surface area contributed by atoms with Crippen LogP contribution in [-0.2, 0) is 23.3 Å². The number of hydrogen-bond donors (Lipinski definition) is 5. The summed E-state index contributed by atoms with van der Waals surface area (Å²) in [5.41, 5.74) is 6.44. The van der Waals surface area contributed by atoms with Crippen LogP contribution in [0.2, 0.25) is 0 Å². The fourth-order valence-electron chi connectivity index (χ4n) is 7.00. The minimum absolute atomic E-state index is 0.0421. The van der Waals surface area contributed by atoms with Crippen molar-refractivity contribution in [1.82, 2.24) is 0 Å². The van der Waals surface area contributed by atoms with Gasteiger partial charge in [-0.3, -0.25) is 4.55 Å². The molecule has 0 saturated carbocycles. The second-order valence-corrected chi connectivity index (χ2v) is 16.3. The van der Waals surface area contributed by atoms with Crippen molar-refractivity contribution in [1.29, 1.82) is 0 Å². The van der Waals surface area contributed by atoms with Gasteiger partial charge in [-0.05, 0) is 132 Å². The highest BCUT2D eigenvalue weighted by molar-refractivity contribution is 7.86. The third kappa shape index (κ3) is 10.5. The van der Waals surface area contributed by atoms with Gasteiger partial charge in [-0.1, -0.05) is 24.3 Å². The predicted octanol–water partition coefficient (Wildman–Crippen LogP) is 13.7. The predicted molar refractivity (Wildman–Crippen MR) is 255 cm³/mol. The highest BCUT2D eigenvalue weighted by Crippen LogP contribution is 2.41. The second-order valence-electron chi connectivity index (χ2n) is 14.9. The Bertz CT molecular complexity index is 3400. The van der Waals surface area contributed by atoms with Crippen LogP contribution in [0.5, 0.6) is 17.2 Å². The molecule has 0 saturated heterocycles. The zero-order valence-electron chi connectivity index (χ0n) is 36.1. The number of nitrogens with one attached hydrogen (secondary N) is 1. The molecule has 336 valence electrons. The van der Waals surface area contributed by atoms with Crippen LogP contribution in [0.15, 0.2) is 185 Å². The van der Waals surface area contributed by atoms with Gasteiger partial charge in [0.15, 0.2) is 5.75 Å². The molecule has 67 heavy (non-hydrogen) atoms. The first-order valence-electron chi connectivity index (χ1n) is 20.4. The highest BCUT2D eigenvalue weighted by Gasteiger charge is 2.15. The molecular weight excluding hydrogens is 875 g/mol. The number of aryl methyl sites for hydroxylation is 1. The van der Waals surface area contributed by atoms with Crippen LogP contribution in [0.4, 0.5) is 56.9 Å². The maximum Gasteiger partial charge on any atom is 0.295 e. The molecule has 18 heteroatoms. The Labute approximate surface area is 383 Å². The molecule has 0 fully saturated rings. The van der Waals surface area contributed by atoms with Gasteiger partial charge in [0, 0.05) is 39.3 Å². The number of benzene rings is 8. The number of nitrogens with zero attached hydrogens (tertiary/aromatic N) is 8. The molecule has 8 rings (SSSR count). The zero-order valence-corrected chi connectivity index (χ0v) is 36.9. The molecule has 5 N–H and O–H groups in total. The Balaban J connectivity index is 0.940. The van der Waals surface area contributed by atoms with E-state index in [1.165, 1.54) is 25.3 Å². The van der Waals surface area contributed by atoms with E-state index in [9.17, 15) is 28.3 Å². The van der Waals surface area contributed by atoms with Gasteiger partial charge in [-0.2, -0.15) is 39.1 Å². The van der Waals surface area contributed by atoms with E-state index in [1.807, 2.05) is 49.4 Å². The quantitative estimate of drug-likeness (QED) is 0.0484. The molecule has 0 unspecified atom stereocenters. The molecular formula is C49H41N9O8S. The van der Waals surface area contributed by atoms with Crippen molar-refractivity contribution in [3.8, 4) is 17.2 Å². The van der Waals surface area contributed by atoms with Gasteiger partial charge in [0.25, 0.3) is 10.1 Å².